The average Bonchev–Trinajstić information content (AvgIpc) is 3.74. The summed E-state index contributed by atoms with van der Waals surface area (Å²) in [5, 5.41) is 26.1. The Morgan fingerprint density at radius 1 is 0.973 bits per heavy atom. The Labute approximate surface area is 426 Å². The number of halogens is 1. The van der Waals surface area contributed by atoms with Gasteiger partial charge in [-0.1, -0.05) is 51.0 Å². The van der Waals surface area contributed by atoms with Crippen molar-refractivity contribution in [1.82, 2.24) is 19.6 Å². The zero-order valence-electron chi connectivity index (χ0n) is 41.9. The first-order valence-electron chi connectivity index (χ1n) is 26.3. The van der Waals surface area contributed by atoms with Gasteiger partial charge in [-0.15, -0.1) is 0 Å². The molecule has 3 saturated heterocycles. The average molecular weight is 1020 g/mol. The molecule has 1 spiro atoms. The minimum Gasteiger partial charge on any atom is -0.468 e. The van der Waals surface area contributed by atoms with Gasteiger partial charge in [-0.3, -0.25) is 19.8 Å². The van der Waals surface area contributed by atoms with Gasteiger partial charge in [0.15, 0.2) is 0 Å². The van der Waals surface area contributed by atoms with Crippen LogP contribution in [0.2, 0.25) is 0 Å². The van der Waals surface area contributed by atoms with Crippen LogP contribution < -0.4 is 24.6 Å². The summed E-state index contributed by atoms with van der Waals surface area (Å²) in [5.41, 5.74) is 4.17. The fourth-order valence-corrected chi connectivity index (χ4v) is 13.9. The van der Waals surface area contributed by atoms with Crippen molar-refractivity contribution in [1.29, 1.82) is 0 Å². The molecule has 2 saturated carbocycles. The number of nitro groups is 1. The number of aromatic amines is 1. The fourth-order valence-electron chi connectivity index (χ4n) is 13.0. The lowest BCUT2D eigenvalue weighted by atomic mass is 9.68. The number of carbonyl (C=O) groups excluding carboxylic acids is 1. The van der Waals surface area contributed by atoms with Crippen LogP contribution >= 0.6 is 0 Å². The van der Waals surface area contributed by atoms with E-state index in [0.29, 0.717) is 67.3 Å². The Balaban J connectivity index is 0.873. The van der Waals surface area contributed by atoms with E-state index in [1.54, 1.807) is 12.1 Å². The Bertz CT molecular complexity index is 3010. The maximum atomic E-state index is 15.3. The number of sulfonamides is 1. The number of nitrogens with zero attached hydrogens (tertiary/aromatic N) is 5. The topological polar surface area (TPSA) is 196 Å². The van der Waals surface area contributed by atoms with Crippen molar-refractivity contribution in [2.24, 2.45) is 11.3 Å². The van der Waals surface area contributed by atoms with Crippen LogP contribution in [0.3, 0.4) is 0 Å². The Morgan fingerprint density at radius 3 is 2.51 bits per heavy atom. The van der Waals surface area contributed by atoms with Crippen molar-refractivity contribution >= 4 is 55.4 Å². The van der Waals surface area contributed by atoms with Gasteiger partial charge in [0.1, 0.15) is 28.9 Å². The lowest BCUT2D eigenvalue weighted by Gasteiger charge is -2.58. The predicted molar refractivity (Wildman–Crippen MR) is 278 cm³/mol. The smallest absolute Gasteiger partial charge is 0.293 e. The van der Waals surface area contributed by atoms with Crippen LogP contribution in [0.1, 0.15) is 125 Å². The quantitative estimate of drug-likeness (QED) is 0.0682. The third kappa shape index (κ3) is 9.64. The van der Waals surface area contributed by atoms with Crippen LogP contribution in [0.5, 0.6) is 5.88 Å². The monoisotopic (exact) mass is 1020 g/mol. The summed E-state index contributed by atoms with van der Waals surface area (Å²) in [6.07, 6.45) is 10.9. The SMILES string of the molecule is CC(C)c1ccccc1[C@@H]1CCCC[C@@H]1N1CC2(CCN(c3ccc(C(=O)NS(=O)(=O)c4ccc(NCC5CCC(C)(O)CC5)c([N+](=O)[O-])c4)c(N4c5cc6c(F)c[nH]c6nc5O[C@H]5COCC[C@@H]54)c3)CC2)C1. The highest BCUT2D eigenvalue weighted by atomic mass is 32.2. The summed E-state index contributed by atoms with van der Waals surface area (Å²) >= 11 is 0. The number of pyridine rings is 1. The fraction of sp³-hybridized carbons (Fsp3) is 0.527. The lowest BCUT2D eigenvalue weighted by molar-refractivity contribution is -0.384. The number of nitrogens with one attached hydrogen (secondary N) is 3. The largest absolute Gasteiger partial charge is 0.468 e. The minimum atomic E-state index is -4.67. The zero-order valence-corrected chi connectivity index (χ0v) is 42.8. The number of anilines is 4. The molecule has 11 rings (SSSR count). The molecule has 6 heterocycles. The molecule has 4 aliphatic heterocycles. The number of amides is 1. The van der Waals surface area contributed by atoms with E-state index in [1.165, 1.54) is 55.1 Å². The summed E-state index contributed by atoms with van der Waals surface area (Å²) in [5.74, 6) is -0.0446. The van der Waals surface area contributed by atoms with Crippen molar-refractivity contribution < 1.29 is 37.1 Å². The molecule has 5 fully saturated rings. The molecular weight excluding hydrogens is 952 g/mol. The van der Waals surface area contributed by atoms with Crippen LogP contribution in [0.4, 0.5) is 32.8 Å². The third-order valence-corrected chi connectivity index (χ3v) is 18.4. The summed E-state index contributed by atoms with van der Waals surface area (Å²) in [4.78, 5) is 40.6. The van der Waals surface area contributed by atoms with Crippen LogP contribution in [-0.2, 0) is 14.8 Å². The molecule has 1 amide bonds. The van der Waals surface area contributed by atoms with Crippen molar-refractivity contribution in [3.05, 3.63) is 106 Å². The number of aliphatic hydroxyl groups is 1. The van der Waals surface area contributed by atoms with Gasteiger partial charge in [-0.25, -0.2) is 17.5 Å². The lowest BCUT2D eigenvalue weighted by Crippen LogP contribution is -2.64. The van der Waals surface area contributed by atoms with E-state index < -0.39 is 55.0 Å². The molecule has 0 radical (unpaired) electrons. The molecule has 4 N–H and O–H groups in total. The molecule has 388 valence electrons. The highest BCUT2D eigenvalue weighted by Gasteiger charge is 2.49. The molecule has 16 nitrogen and oxygen atoms in total. The van der Waals surface area contributed by atoms with Crippen LogP contribution in [0.15, 0.2) is 77.8 Å². The molecule has 4 atom stereocenters. The van der Waals surface area contributed by atoms with Crippen LogP contribution in [0, 0.1) is 27.3 Å². The number of hydrogen-bond acceptors (Lipinski definition) is 13. The Hall–Kier alpha value is -5.82. The van der Waals surface area contributed by atoms with Gasteiger partial charge in [0.2, 0.25) is 5.88 Å². The van der Waals surface area contributed by atoms with Gasteiger partial charge < -0.3 is 34.7 Å². The van der Waals surface area contributed by atoms with Crippen molar-refractivity contribution in [3.8, 4) is 5.88 Å². The highest BCUT2D eigenvalue weighted by Crippen LogP contribution is 2.50. The predicted octanol–water partition coefficient (Wildman–Crippen LogP) is 9.52. The summed E-state index contributed by atoms with van der Waals surface area (Å²) in [6, 6.07) is 19.8. The summed E-state index contributed by atoms with van der Waals surface area (Å²) in [6.45, 7) is 11.2. The number of fused-ring (bicyclic) bond motifs is 3. The maximum absolute atomic E-state index is 15.3. The number of aromatic nitrogens is 2. The number of piperidine rings is 1. The van der Waals surface area contributed by atoms with E-state index in [4.69, 9.17) is 9.47 Å². The molecule has 73 heavy (non-hydrogen) atoms. The van der Waals surface area contributed by atoms with Gasteiger partial charge in [-0.05, 0) is 135 Å². The number of carbonyl (C=O) groups is 1. The first-order chi connectivity index (χ1) is 35.1. The van der Waals surface area contributed by atoms with Gasteiger partial charge in [-0.2, -0.15) is 4.98 Å². The van der Waals surface area contributed by atoms with Crippen LogP contribution in [0.25, 0.3) is 11.0 Å². The maximum Gasteiger partial charge on any atom is 0.293 e. The molecular formula is C55H67FN8O8S. The molecule has 3 aromatic carbocycles. The first-order valence-corrected chi connectivity index (χ1v) is 27.8. The van der Waals surface area contributed by atoms with Crippen molar-refractivity contribution in [3.63, 3.8) is 0 Å². The summed E-state index contributed by atoms with van der Waals surface area (Å²) in [7, 11) is -4.67. The second-order valence-corrected chi connectivity index (χ2v) is 24.0. The molecule has 2 aliphatic carbocycles. The van der Waals surface area contributed by atoms with Crippen LogP contribution in [-0.4, -0.2) is 109 Å². The van der Waals surface area contributed by atoms with E-state index in [2.05, 4.69) is 67.9 Å². The number of likely N-dealkylation sites (tertiary alicyclic amines) is 1. The number of hydrogen-bond donors (Lipinski definition) is 4. The molecule has 6 aliphatic rings. The summed E-state index contributed by atoms with van der Waals surface area (Å²) < 4.78 is 58.2. The Morgan fingerprint density at radius 2 is 1.74 bits per heavy atom. The third-order valence-electron chi connectivity index (χ3n) is 17.1. The normalized spacial score (nSPS) is 26.2. The minimum absolute atomic E-state index is 0.0310. The number of H-pyrrole nitrogens is 1. The number of benzene rings is 3. The Kier molecular flexibility index (Phi) is 13.2. The second kappa shape index (κ2) is 19.5. The molecule has 0 unspecified atom stereocenters. The number of rotatable bonds is 12. The highest BCUT2D eigenvalue weighted by molar-refractivity contribution is 7.90. The van der Waals surface area contributed by atoms with Gasteiger partial charge in [0, 0.05) is 63.3 Å². The standard InChI is InChI=1S/C55H67FN8O8S/c1-34(2)38-8-4-5-9-39(38)40-10-6-7-11-45(40)62-32-55(33-62)21-23-61(24-22-55)36-12-14-41(47(26-36)63-46-18-25-71-31-50(46)72-53-49(63)28-42-43(56)30-58-51(42)59-53)52(65)60-73(69,70)37-13-15-44(48(27-37)64(67)68)57-29-35-16-19-54(3,66)20-17-35/h4-5,8-9,12-15,26-28,30,34-35,40,45-46,50,57,66H,6-7,10-11,16-25,29,31-33H2,1-3H3,(H,58,59)(H,60,65)/t35?,40-,45-,46-,50-,54?/m0/s1. The molecule has 18 heteroatoms. The number of nitro benzene ring substituents is 1. The van der Waals surface area contributed by atoms with Crippen molar-refractivity contribution in [2.45, 2.75) is 132 Å². The van der Waals surface area contributed by atoms with E-state index in [0.717, 1.165) is 63.6 Å². The second-order valence-electron chi connectivity index (χ2n) is 22.3. The van der Waals surface area contributed by atoms with E-state index in [1.807, 2.05) is 24.0 Å². The molecule has 5 aromatic rings. The van der Waals surface area contributed by atoms with Gasteiger partial charge in [0.25, 0.3) is 21.6 Å². The number of ether oxygens (including phenoxy) is 2. The van der Waals surface area contributed by atoms with E-state index in [9.17, 15) is 28.4 Å². The van der Waals surface area contributed by atoms with Crippen molar-refractivity contribution in [2.75, 3.05) is 61.1 Å². The van der Waals surface area contributed by atoms with E-state index >= 15 is 4.39 Å². The first kappa shape index (κ1) is 49.4. The van der Waals surface area contributed by atoms with Gasteiger partial charge >= 0.3 is 0 Å². The van der Waals surface area contributed by atoms with E-state index in [-0.39, 0.29) is 40.5 Å². The molecule has 2 aromatic heterocycles. The molecule has 0 bridgehead atoms. The van der Waals surface area contributed by atoms with Gasteiger partial charge in [0.05, 0.1) is 44.7 Å². The zero-order chi connectivity index (χ0) is 50.8.